The van der Waals surface area contributed by atoms with Crippen molar-refractivity contribution in [2.45, 2.75) is 43.8 Å². The van der Waals surface area contributed by atoms with Crippen LogP contribution in [0.25, 0.3) is 0 Å². The van der Waals surface area contributed by atoms with Crippen molar-refractivity contribution in [3.63, 3.8) is 0 Å². The second-order valence-corrected chi connectivity index (χ2v) is 4.43. The maximum absolute atomic E-state index is 11.0. The first kappa shape index (κ1) is 18.9. The molecule has 0 fully saturated rings. The van der Waals surface area contributed by atoms with Crippen LogP contribution in [0.5, 0.6) is 0 Å². The fraction of sp³-hybridized carbons (Fsp3) is 0.818. The molecule has 0 aliphatic rings. The van der Waals surface area contributed by atoms with E-state index in [1.54, 1.807) is 0 Å². The predicted octanol–water partition coefficient (Wildman–Crippen LogP) is -4.12. The van der Waals surface area contributed by atoms with E-state index in [1.165, 1.54) is 0 Å². The number of rotatable bonds is 9. The third kappa shape index (κ3) is 5.90. The molecular formula is C11H21NO8. The summed E-state index contributed by atoms with van der Waals surface area (Å²) in [6.45, 7) is -0.562. The van der Waals surface area contributed by atoms with Gasteiger partial charge in [-0.1, -0.05) is 0 Å². The normalized spacial score (nSPS) is 18.8. The van der Waals surface area contributed by atoms with E-state index in [4.69, 9.17) is 10.2 Å². The predicted molar refractivity (Wildman–Crippen MR) is 65.4 cm³/mol. The zero-order chi connectivity index (χ0) is 15.9. The van der Waals surface area contributed by atoms with E-state index in [0.717, 1.165) is 6.92 Å². The summed E-state index contributed by atoms with van der Waals surface area (Å²) in [6.07, 6.45) is -7.46. The molecule has 118 valence electrons. The third-order valence-corrected chi connectivity index (χ3v) is 2.70. The van der Waals surface area contributed by atoms with Gasteiger partial charge in [0, 0.05) is 13.3 Å². The van der Waals surface area contributed by atoms with Gasteiger partial charge >= 0.3 is 0 Å². The van der Waals surface area contributed by atoms with Gasteiger partial charge in [-0.25, -0.2) is 0 Å². The number of aliphatic hydroxyl groups is 6. The third-order valence-electron chi connectivity index (χ3n) is 2.70. The molecule has 0 aromatic rings. The van der Waals surface area contributed by atoms with Crippen molar-refractivity contribution < 1.29 is 40.2 Å². The number of Topliss-reactive ketones (excluding diaryl/α,β-unsaturated/α-hetero) is 1. The molecule has 0 heterocycles. The molecule has 0 bridgehead atoms. The highest BCUT2D eigenvalue weighted by Gasteiger charge is 2.36. The summed E-state index contributed by atoms with van der Waals surface area (Å²) in [4.78, 5) is 22.1. The van der Waals surface area contributed by atoms with Crippen LogP contribution in [-0.2, 0) is 9.59 Å². The first-order chi connectivity index (χ1) is 9.24. The molecule has 0 unspecified atom stereocenters. The van der Waals surface area contributed by atoms with E-state index < -0.39 is 61.8 Å². The molecule has 9 heteroatoms. The van der Waals surface area contributed by atoms with Crippen LogP contribution in [0.3, 0.4) is 0 Å². The minimum absolute atomic E-state index is 0.555. The molecule has 0 aliphatic carbocycles. The van der Waals surface area contributed by atoms with Crippen molar-refractivity contribution in [1.82, 2.24) is 5.32 Å². The van der Waals surface area contributed by atoms with Crippen molar-refractivity contribution in [3.05, 3.63) is 0 Å². The smallest absolute Gasteiger partial charge is 0.217 e. The molecular weight excluding hydrogens is 274 g/mol. The molecule has 0 radical (unpaired) electrons. The fourth-order valence-corrected chi connectivity index (χ4v) is 1.62. The highest BCUT2D eigenvalue weighted by molar-refractivity contribution is 5.80. The van der Waals surface area contributed by atoms with Gasteiger partial charge in [-0.3, -0.25) is 9.59 Å². The largest absolute Gasteiger partial charge is 0.394 e. The van der Waals surface area contributed by atoms with Gasteiger partial charge in [-0.2, -0.15) is 0 Å². The Morgan fingerprint density at radius 3 is 1.95 bits per heavy atom. The van der Waals surface area contributed by atoms with Gasteiger partial charge in [0.2, 0.25) is 5.91 Å². The average molecular weight is 295 g/mol. The minimum atomic E-state index is -1.84. The summed E-state index contributed by atoms with van der Waals surface area (Å²) >= 11 is 0. The molecule has 7 N–H and O–H groups in total. The second-order valence-electron chi connectivity index (χ2n) is 4.43. The number of aliphatic hydroxyl groups excluding tert-OH is 6. The molecule has 0 spiro atoms. The van der Waals surface area contributed by atoms with E-state index in [9.17, 15) is 30.0 Å². The molecule has 9 nitrogen and oxygen atoms in total. The Labute approximate surface area is 115 Å². The monoisotopic (exact) mass is 295 g/mol. The van der Waals surface area contributed by atoms with Gasteiger partial charge in [0.1, 0.15) is 24.9 Å². The summed E-state index contributed by atoms with van der Waals surface area (Å²) < 4.78 is 0. The van der Waals surface area contributed by atoms with Gasteiger partial charge in [0.25, 0.3) is 0 Å². The van der Waals surface area contributed by atoms with Crippen molar-refractivity contribution in [3.8, 4) is 0 Å². The number of hydrogen-bond acceptors (Lipinski definition) is 8. The lowest BCUT2D eigenvalue weighted by atomic mass is 9.94. The highest BCUT2D eigenvalue weighted by atomic mass is 16.4. The quantitative estimate of drug-likeness (QED) is 0.225. The molecule has 0 rings (SSSR count). The SMILES string of the molecule is CC(=O)N[C@@H]([C@@H](O)[C@H](O)[C@H](O)CO)[C@@H](O)CC(=O)CO. The Morgan fingerprint density at radius 1 is 1.00 bits per heavy atom. The summed E-state index contributed by atoms with van der Waals surface area (Å²) in [5.74, 6) is -1.37. The zero-order valence-corrected chi connectivity index (χ0v) is 11.0. The number of carbonyl (C=O) groups excluding carboxylic acids is 2. The standard InChI is InChI=1S/C11H21NO8/c1-5(15)12-9(7(17)2-6(16)3-13)11(20)10(19)8(18)4-14/h7-11,13-14,17-20H,2-4H2,1H3,(H,12,15)/t7-,8+,9+,10+,11+/m0/s1. The van der Waals surface area contributed by atoms with Gasteiger partial charge in [-0.05, 0) is 0 Å². The van der Waals surface area contributed by atoms with Gasteiger partial charge in [-0.15, -0.1) is 0 Å². The van der Waals surface area contributed by atoms with Gasteiger partial charge < -0.3 is 36.0 Å². The molecule has 0 saturated heterocycles. The van der Waals surface area contributed by atoms with Crippen LogP contribution >= 0.6 is 0 Å². The van der Waals surface area contributed by atoms with E-state index in [1.807, 2.05) is 0 Å². The van der Waals surface area contributed by atoms with Crippen LogP contribution < -0.4 is 5.32 Å². The number of amides is 1. The van der Waals surface area contributed by atoms with Gasteiger partial charge in [0.15, 0.2) is 5.78 Å². The number of ketones is 1. The van der Waals surface area contributed by atoms with Crippen molar-refractivity contribution in [2.75, 3.05) is 13.2 Å². The molecule has 0 aromatic carbocycles. The number of nitrogens with one attached hydrogen (secondary N) is 1. The Kier molecular flexibility index (Phi) is 8.46. The summed E-state index contributed by atoms with van der Waals surface area (Å²) in [5.41, 5.74) is 0. The van der Waals surface area contributed by atoms with Crippen LogP contribution in [0.4, 0.5) is 0 Å². The topological polar surface area (TPSA) is 168 Å². The Bertz CT molecular complexity index is 324. The molecule has 0 saturated carbocycles. The summed E-state index contributed by atoms with van der Waals surface area (Å²) in [7, 11) is 0. The summed E-state index contributed by atoms with van der Waals surface area (Å²) in [5, 5.41) is 57.8. The van der Waals surface area contributed by atoms with Crippen LogP contribution in [0, 0.1) is 0 Å². The van der Waals surface area contributed by atoms with E-state index in [0.29, 0.717) is 0 Å². The highest BCUT2D eigenvalue weighted by Crippen LogP contribution is 2.11. The molecule has 0 aromatic heterocycles. The van der Waals surface area contributed by atoms with Crippen LogP contribution in [0.1, 0.15) is 13.3 Å². The number of hydrogen-bond donors (Lipinski definition) is 7. The first-order valence-electron chi connectivity index (χ1n) is 5.97. The van der Waals surface area contributed by atoms with E-state index in [2.05, 4.69) is 5.32 Å². The lowest BCUT2D eigenvalue weighted by molar-refractivity contribution is -0.132. The average Bonchev–Trinajstić information content (AvgIpc) is 2.41. The molecule has 1 amide bonds. The lowest BCUT2D eigenvalue weighted by Gasteiger charge is -2.32. The Morgan fingerprint density at radius 2 is 1.55 bits per heavy atom. The molecule has 5 atom stereocenters. The molecule has 0 aliphatic heterocycles. The van der Waals surface area contributed by atoms with Crippen LogP contribution in [-0.4, -0.2) is 86.0 Å². The second kappa shape index (κ2) is 8.95. The maximum atomic E-state index is 11.0. The zero-order valence-electron chi connectivity index (χ0n) is 11.0. The van der Waals surface area contributed by atoms with Gasteiger partial charge in [0.05, 0.1) is 18.8 Å². The Hall–Kier alpha value is -1.10. The maximum Gasteiger partial charge on any atom is 0.217 e. The minimum Gasteiger partial charge on any atom is -0.394 e. The van der Waals surface area contributed by atoms with Crippen molar-refractivity contribution in [1.29, 1.82) is 0 Å². The van der Waals surface area contributed by atoms with Crippen LogP contribution in [0.2, 0.25) is 0 Å². The van der Waals surface area contributed by atoms with E-state index in [-0.39, 0.29) is 0 Å². The Balaban J connectivity index is 4.93. The van der Waals surface area contributed by atoms with Crippen LogP contribution in [0.15, 0.2) is 0 Å². The lowest BCUT2D eigenvalue weighted by Crippen LogP contribution is -2.57. The van der Waals surface area contributed by atoms with E-state index >= 15 is 0 Å². The number of carbonyl (C=O) groups is 2. The summed E-state index contributed by atoms with van der Waals surface area (Å²) in [6, 6.07) is -1.45. The first-order valence-corrected chi connectivity index (χ1v) is 5.97. The fourth-order valence-electron chi connectivity index (χ4n) is 1.62. The molecule has 20 heavy (non-hydrogen) atoms. The van der Waals surface area contributed by atoms with Crippen molar-refractivity contribution in [2.24, 2.45) is 0 Å². The van der Waals surface area contributed by atoms with Crippen molar-refractivity contribution >= 4 is 11.7 Å².